The summed E-state index contributed by atoms with van der Waals surface area (Å²) in [6.45, 7) is 5.33. The summed E-state index contributed by atoms with van der Waals surface area (Å²) in [5.74, 6) is 0.0102. The molecule has 2 aromatic rings. The predicted molar refractivity (Wildman–Crippen MR) is 77.2 cm³/mol. The van der Waals surface area contributed by atoms with Crippen LogP contribution < -0.4 is 15.3 Å². The second-order valence-electron chi connectivity index (χ2n) is 5.52. The van der Waals surface area contributed by atoms with Gasteiger partial charge in [-0.2, -0.15) is 14.7 Å². The van der Waals surface area contributed by atoms with Crippen molar-refractivity contribution >= 4 is 17.1 Å². The average molecular weight is 309 g/mol. The number of hydrogen-bond acceptors (Lipinski definition) is 8. The lowest BCUT2D eigenvalue weighted by Gasteiger charge is -2.34. The summed E-state index contributed by atoms with van der Waals surface area (Å²) in [4.78, 5) is 18.0. The molecule has 0 saturated carbocycles. The van der Waals surface area contributed by atoms with Gasteiger partial charge in [0.1, 0.15) is 12.9 Å². The van der Waals surface area contributed by atoms with E-state index in [1.807, 2.05) is 13.8 Å². The van der Waals surface area contributed by atoms with Crippen molar-refractivity contribution in [3.63, 3.8) is 0 Å². The minimum absolute atomic E-state index is 0.0979. The van der Waals surface area contributed by atoms with Crippen LogP contribution in [-0.4, -0.2) is 52.4 Å². The highest BCUT2D eigenvalue weighted by Gasteiger charge is 2.29. The molecule has 1 saturated heterocycles. The Morgan fingerprint density at radius 3 is 2.77 bits per heavy atom. The van der Waals surface area contributed by atoms with Gasteiger partial charge in [-0.1, -0.05) is 0 Å². The van der Waals surface area contributed by atoms with Crippen LogP contribution >= 0.6 is 0 Å². The summed E-state index contributed by atoms with van der Waals surface area (Å²) in [5.41, 5.74) is 6.61. The summed E-state index contributed by atoms with van der Waals surface area (Å²) in [6.07, 6.45) is 1.51. The van der Waals surface area contributed by atoms with Crippen molar-refractivity contribution in [2.45, 2.75) is 19.6 Å². The van der Waals surface area contributed by atoms with Crippen LogP contribution in [0.25, 0.3) is 11.2 Å². The number of nitrogens with two attached hydrogens (primary N) is 1. The Morgan fingerprint density at radius 2 is 2.09 bits per heavy atom. The van der Waals surface area contributed by atoms with Gasteiger partial charge in [0.25, 0.3) is 0 Å². The van der Waals surface area contributed by atoms with Crippen LogP contribution in [0.5, 0.6) is 5.88 Å². The van der Waals surface area contributed by atoms with Crippen molar-refractivity contribution in [1.29, 1.82) is 0 Å². The van der Waals surface area contributed by atoms with E-state index in [1.165, 1.54) is 18.2 Å². The Kier molecular flexibility index (Phi) is 3.75. The van der Waals surface area contributed by atoms with Gasteiger partial charge in [0.05, 0.1) is 20.3 Å². The van der Waals surface area contributed by atoms with Crippen LogP contribution in [0.2, 0.25) is 0 Å². The van der Waals surface area contributed by atoms with Gasteiger partial charge < -0.3 is 24.8 Å². The molecule has 0 radical (unpaired) electrons. The lowest BCUT2D eigenvalue weighted by atomic mass is 10.1. The fourth-order valence-electron chi connectivity index (χ4n) is 2.12. The molecule has 0 amide bonds. The fraction of sp³-hybridized carbons (Fsp3) is 0.615. The van der Waals surface area contributed by atoms with Gasteiger partial charge in [0.15, 0.2) is 11.3 Å². The van der Waals surface area contributed by atoms with Crippen LogP contribution in [-0.2, 0) is 9.47 Å². The molecular weight excluding hydrogens is 290 g/mol. The Bertz CT molecular complexity index is 662. The van der Waals surface area contributed by atoms with Crippen molar-refractivity contribution in [3.8, 4) is 5.88 Å². The number of hydrogen-bond donors (Lipinski definition) is 1. The van der Waals surface area contributed by atoms with E-state index in [-0.39, 0.29) is 11.9 Å². The van der Waals surface area contributed by atoms with E-state index in [9.17, 15) is 0 Å². The molecule has 0 spiro atoms. The predicted octanol–water partition coefficient (Wildman–Crippen LogP) is 0.245. The van der Waals surface area contributed by atoms with Crippen molar-refractivity contribution in [2.75, 3.05) is 32.7 Å². The number of nitrogens with zero attached hydrogens (tertiary/aromatic N) is 4. The van der Waals surface area contributed by atoms with Crippen molar-refractivity contribution in [1.82, 2.24) is 19.7 Å². The van der Waals surface area contributed by atoms with E-state index in [0.29, 0.717) is 36.9 Å². The van der Waals surface area contributed by atoms with Crippen LogP contribution in [0.1, 0.15) is 13.8 Å². The SMILES string of the molecule is COc1nc(N)nc2c1ncn2OCC1COC(C)(C)OC1. The highest BCUT2D eigenvalue weighted by atomic mass is 16.7. The molecule has 9 heteroatoms. The Labute approximate surface area is 127 Å². The normalized spacial score (nSPS) is 18.5. The second kappa shape index (κ2) is 5.58. The topological polar surface area (TPSA) is 107 Å². The number of aromatic nitrogens is 4. The minimum atomic E-state index is -0.534. The lowest BCUT2D eigenvalue weighted by molar-refractivity contribution is -0.266. The zero-order valence-electron chi connectivity index (χ0n) is 12.8. The average Bonchev–Trinajstić information content (AvgIpc) is 2.88. The molecular formula is C13H19N5O4. The lowest BCUT2D eigenvalue weighted by Crippen LogP contribution is -2.41. The standard InChI is InChI=1S/C13H19N5O4/c1-13(2)20-4-8(5-21-13)6-22-18-7-15-9-10(18)16-12(14)17-11(9)19-3/h7-8H,4-6H2,1-3H3,(H2,14,16,17). The van der Waals surface area contributed by atoms with Crippen LogP contribution in [0.4, 0.5) is 5.95 Å². The Balaban J connectivity index is 1.71. The first kappa shape index (κ1) is 14.8. The Morgan fingerprint density at radius 1 is 1.36 bits per heavy atom. The van der Waals surface area contributed by atoms with Crippen molar-refractivity contribution in [2.24, 2.45) is 5.92 Å². The van der Waals surface area contributed by atoms with E-state index in [4.69, 9.17) is 24.8 Å². The zero-order valence-corrected chi connectivity index (χ0v) is 12.8. The number of imidazole rings is 1. The van der Waals surface area contributed by atoms with E-state index in [0.717, 1.165) is 0 Å². The van der Waals surface area contributed by atoms with Crippen LogP contribution in [0.3, 0.4) is 0 Å². The molecule has 1 aliphatic heterocycles. The van der Waals surface area contributed by atoms with Crippen LogP contribution in [0, 0.1) is 5.92 Å². The molecule has 0 bridgehead atoms. The molecule has 120 valence electrons. The Hall–Kier alpha value is -2.13. The number of rotatable bonds is 4. The van der Waals surface area contributed by atoms with Gasteiger partial charge in [-0.3, -0.25) is 0 Å². The zero-order chi connectivity index (χ0) is 15.7. The maximum Gasteiger partial charge on any atom is 0.247 e. The van der Waals surface area contributed by atoms with Gasteiger partial charge in [-0.25, -0.2) is 4.98 Å². The van der Waals surface area contributed by atoms with Gasteiger partial charge in [-0.15, -0.1) is 0 Å². The summed E-state index contributed by atoms with van der Waals surface area (Å²) in [5, 5.41) is 0. The molecule has 3 rings (SSSR count). The third-order valence-corrected chi connectivity index (χ3v) is 3.33. The summed E-state index contributed by atoms with van der Waals surface area (Å²) in [7, 11) is 1.50. The third-order valence-electron chi connectivity index (χ3n) is 3.33. The molecule has 1 fully saturated rings. The largest absolute Gasteiger partial charge is 0.479 e. The number of anilines is 1. The summed E-state index contributed by atoms with van der Waals surface area (Å²) >= 11 is 0. The highest BCUT2D eigenvalue weighted by Crippen LogP contribution is 2.22. The van der Waals surface area contributed by atoms with Crippen molar-refractivity contribution < 1.29 is 19.0 Å². The van der Waals surface area contributed by atoms with E-state index in [1.54, 1.807) is 0 Å². The summed E-state index contributed by atoms with van der Waals surface area (Å²) in [6, 6.07) is 0. The molecule has 9 nitrogen and oxygen atoms in total. The molecule has 2 N–H and O–H groups in total. The fourth-order valence-corrected chi connectivity index (χ4v) is 2.12. The third kappa shape index (κ3) is 2.90. The molecule has 0 aromatic carbocycles. The second-order valence-corrected chi connectivity index (χ2v) is 5.52. The van der Waals surface area contributed by atoms with Gasteiger partial charge in [-0.05, 0) is 13.8 Å². The molecule has 0 atom stereocenters. The van der Waals surface area contributed by atoms with Crippen LogP contribution in [0.15, 0.2) is 6.33 Å². The first-order valence-electron chi connectivity index (χ1n) is 6.94. The maximum atomic E-state index is 5.71. The quantitative estimate of drug-likeness (QED) is 0.856. The monoisotopic (exact) mass is 309 g/mol. The van der Waals surface area contributed by atoms with Gasteiger partial charge >= 0.3 is 0 Å². The molecule has 3 heterocycles. The van der Waals surface area contributed by atoms with Gasteiger partial charge in [0, 0.05) is 5.92 Å². The molecule has 0 aliphatic carbocycles. The number of methoxy groups -OCH3 is 1. The molecule has 1 aliphatic rings. The molecule has 0 unspecified atom stereocenters. The number of nitrogen functional groups attached to an aromatic ring is 1. The first-order valence-corrected chi connectivity index (χ1v) is 6.94. The van der Waals surface area contributed by atoms with E-state index in [2.05, 4.69) is 15.0 Å². The number of ether oxygens (including phenoxy) is 3. The van der Waals surface area contributed by atoms with Crippen molar-refractivity contribution in [3.05, 3.63) is 6.33 Å². The van der Waals surface area contributed by atoms with E-state index >= 15 is 0 Å². The summed E-state index contributed by atoms with van der Waals surface area (Å²) < 4.78 is 17.8. The smallest absolute Gasteiger partial charge is 0.247 e. The molecule has 22 heavy (non-hydrogen) atoms. The van der Waals surface area contributed by atoms with Gasteiger partial charge in [0.2, 0.25) is 17.5 Å². The minimum Gasteiger partial charge on any atom is -0.479 e. The maximum absolute atomic E-state index is 5.71. The first-order chi connectivity index (χ1) is 10.5. The number of fused-ring (bicyclic) bond motifs is 1. The highest BCUT2D eigenvalue weighted by molar-refractivity contribution is 5.77. The molecule has 2 aromatic heterocycles. The van der Waals surface area contributed by atoms with E-state index < -0.39 is 5.79 Å².